The van der Waals surface area contributed by atoms with Crippen molar-refractivity contribution in [3.05, 3.63) is 23.8 Å². The third-order valence-electron chi connectivity index (χ3n) is 2.76. The highest BCUT2D eigenvalue weighted by Crippen LogP contribution is 2.10. The summed E-state index contributed by atoms with van der Waals surface area (Å²) < 4.78 is 15.3. The number of hydrogen-bond acceptors (Lipinski definition) is 6. The van der Waals surface area contributed by atoms with Gasteiger partial charge in [-0.15, -0.1) is 0 Å². The van der Waals surface area contributed by atoms with E-state index in [0.29, 0.717) is 0 Å². The van der Waals surface area contributed by atoms with Crippen LogP contribution >= 0.6 is 12.2 Å². The van der Waals surface area contributed by atoms with Gasteiger partial charge in [0.25, 0.3) is 0 Å². The standard InChI is InChI=1S/C16H23NO5S.H2/c1-16(2,3)22-15(19)17-13(10-20-11-23)14(18)21-9-12-7-5-4-6-8-12;/h5,7-8,11,13H,4,6,9-10H2,1-3H3,(H,17,19);1H. The van der Waals surface area contributed by atoms with E-state index in [4.69, 9.17) is 14.2 Å². The molecule has 0 aromatic rings. The van der Waals surface area contributed by atoms with Gasteiger partial charge in [-0.3, -0.25) is 0 Å². The average Bonchev–Trinajstić information content (AvgIpc) is 2.48. The minimum atomic E-state index is -0.989. The molecule has 0 fully saturated rings. The second kappa shape index (κ2) is 9.29. The van der Waals surface area contributed by atoms with Crippen LogP contribution in [0.25, 0.3) is 0 Å². The van der Waals surface area contributed by atoms with E-state index in [-0.39, 0.29) is 14.6 Å². The van der Waals surface area contributed by atoms with E-state index in [1.807, 2.05) is 18.2 Å². The first-order valence-electron chi connectivity index (χ1n) is 7.39. The van der Waals surface area contributed by atoms with Crippen molar-refractivity contribution in [1.82, 2.24) is 5.32 Å². The van der Waals surface area contributed by atoms with Crippen LogP contribution in [0.5, 0.6) is 0 Å². The van der Waals surface area contributed by atoms with Crippen molar-refractivity contribution in [3.63, 3.8) is 0 Å². The maximum Gasteiger partial charge on any atom is 0.408 e. The van der Waals surface area contributed by atoms with E-state index < -0.39 is 23.7 Å². The Balaban J connectivity index is 0.00000529. The van der Waals surface area contributed by atoms with Gasteiger partial charge >= 0.3 is 12.1 Å². The molecule has 0 aliphatic heterocycles. The molecule has 0 bridgehead atoms. The molecule has 1 aliphatic carbocycles. The molecule has 0 saturated heterocycles. The summed E-state index contributed by atoms with van der Waals surface area (Å²) in [5.41, 5.74) is 1.29. The molecule has 1 N–H and O–H groups in total. The zero-order chi connectivity index (χ0) is 17.3. The van der Waals surface area contributed by atoms with Crippen molar-refractivity contribution in [2.45, 2.75) is 45.3 Å². The Kier molecular flexibility index (Phi) is 7.74. The van der Waals surface area contributed by atoms with Crippen molar-refractivity contribution in [2.24, 2.45) is 0 Å². The van der Waals surface area contributed by atoms with E-state index >= 15 is 0 Å². The lowest BCUT2D eigenvalue weighted by Crippen LogP contribution is -2.46. The molecule has 23 heavy (non-hydrogen) atoms. The van der Waals surface area contributed by atoms with Gasteiger partial charge in [-0.25, -0.2) is 9.59 Å². The normalized spacial score (nSPS) is 15.2. The number of hydrogen-bond donors (Lipinski definition) is 1. The first-order valence-corrected chi connectivity index (χ1v) is 7.86. The number of allylic oxidation sites excluding steroid dienone is 2. The molecule has 0 spiro atoms. The van der Waals surface area contributed by atoms with Crippen molar-refractivity contribution < 1.29 is 25.2 Å². The molecule has 0 aromatic carbocycles. The molecule has 1 aliphatic rings. The van der Waals surface area contributed by atoms with Crippen LogP contribution in [0.2, 0.25) is 0 Å². The highest BCUT2D eigenvalue weighted by Gasteiger charge is 2.26. The monoisotopic (exact) mass is 343 g/mol. The molecule has 1 atom stereocenters. The highest BCUT2D eigenvalue weighted by atomic mass is 32.1. The quantitative estimate of drug-likeness (QED) is 0.566. The number of esters is 1. The lowest BCUT2D eigenvalue weighted by molar-refractivity contribution is -0.146. The summed E-state index contributed by atoms with van der Waals surface area (Å²) in [5, 5.41) is 2.43. The number of carbonyl (C=O) groups is 2. The minimum absolute atomic E-state index is 0. The van der Waals surface area contributed by atoms with Crippen molar-refractivity contribution in [2.75, 3.05) is 13.2 Å². The van der Waals surface area contributed by atoms with Crippen LogP contribution in [0, 0.1) is 0 Å². The number of rotatable bonds is 7. The summed E-state index contributed by atoms with van der Waals surface area (Å²) in [7, 11) is 0. The van der Waals surface area contributed by atoms with E-state index in [1.54, 1.807) is 20.8 Å². The molecule has 0 radical (unpaired) electrons. The van der Waals surface area contributed by atoms with Gasteiger partial charge in [0.05, 0.1) is 0 Å². The third kappa shape index (κ3) is 8.35. The molecule has 1 rings (SSSR count). The summed E-state index contributed by atoms with van der Waals surface area (Å²) >= 11 is 4.56. The van der Waals surface area contributed by atoms with E-state index in [9.17, 15) is 9.59 Å². The van der Waals surface area contributed by atoms with Gasteiger partial charge in [0.15, 0.2) is 6.04 Å². The Morgan fingerprint density at radius 3 is 2.74 bits per heavy atom. The van der Waals surface area contributed by atoms with Crippen LogP contribution in [0.15, 0.2) is 23.8 Å². The zero-order valence-corrected chi connectivity index (χ0v) is 14.5. The van der Waals surface area contributed by atoms with E-state index in [2.05, 4.69) is 17.5 Å². The van der Waals surface area contributed by atoms with E-state index in [0.717, 1.165) is 24.0 Å². The van der Waals surface area contributed by atoms with Gasteiger partial charge in [-0.2, -0.15) is 0 Å². The molecule has 0 aromatic heterocycles. The first kappa shape index (κ1) is 19.2. The fourth-order valence-electron chi connectivity index (χ4n) is 1.78. The molecular formula is C16H25NO5S. The lowest BCUT2D eigenvalue weighted by Gasteiger charge is -2.22. The van der Waals surface area contributed by atoms with Crippen LogP contribution < -0.4 is 5.32 Å². The Morgan fingerprint density at radius 2 is 2.17 bits per heavy atom. The average molecular weight is 343 g/mol. The van der Waals surface area contributed by atoms with Gasteiger partial charge in [0, 0.05) is 1.43 Å². The largest absolute Gasteiger partial charge is 0.487 e. The van der Waals surface area contributed by atoms with Crippen molar-refractivity contribution in [3.8, 4) is 0 Å². The molecular weight excluding hydrogens is 318 g/mol. The van der Waals surface area contributed by atoms with Gasteiger partial charge in [-0.1, -0.05) is 18.2 Å². The lowest BCUT2D eigenvalue weighted by atomic mass is 10.1. The summed E-state index contributed by atoms with van der Waals surface area (Å²) in [6, 6.07) is -0.989. The zero-order valence-electron chi connectivity index (χ0n) is 13.7. The van der Waals surface area contributed by atoms with Gasteiger partial charge in [0.1, 0.15) is 24.4 Å². The number of thiocarbonyl (C=S) groups is 1. The summed E-state index contributed by atoms with van der Waals surface area (Å²) in [6.45, 7) is 5.23. The maximum atomic E-state index is 12.1. The number of nitrogens with one attached hydrogen (secondary N) is 1. The second-order valence-corrected chi connectivity index (χ2v) is 6.19. The van der Waals surface area contributed by atoms with Crippen LogP contribution in [-0.4, -0.2) is 42.5 Å². The number of ether oxygens (including phenoxy) is 3. The van der Waals surface area contributed by atoms with Gasteiger partial charge < -0.3 is 19.5 Å². The van der Waals surface area contributed by atoms with E-state index in [1.165, 1.54) is 0 Å². The maximum absolute atomic E-state index is 12.1. The molecule has 6 nitrogen and oxygen atoms in total. The second-order valence-electron chi connectivity index (χ2n) is 5.99. The fourth-order valence-corrected chi connectivity index (χ4v) is 1.86. The predicted octanol–water partition coefficient (Wildman–Crippen LogP) is 2.92. The first-order chi connectivity index (χ1) is 10.8. The predicted molar refractivity (Wildman–Crippen MR) is 92.3 cm³/mol. The smallest absolute Gasteiger partial charge is 0.408 e. The van der Waals surface area contributed by atoms with Gasteiger partial charge in [0.2, 0.25) is 0 Å². The molecule has 0 saturated carbocycles. The summed E-state index contributed by atoms with van der Waals surface area (Å²) in [4.78, 5) is 23.9. The van der Waals surface area contributed by atoms with Crippen LogP contribution in [0.4, 0.5) is 4.79 Å². The molecule has 1 amide bonds. The van der Waals surface area contributed by atoms with Gasteiger partial charge in [-0.05, 0) is 51.4 Å². The summed E-state index contributed by atoms with van der Waals surface area (Å²) in [5.74, 6) is -0.604. The summed E-state index contributed by atoms with van der Waals surface area (Å²) in [6.07, 6.45) is 7.15. The third-order valence-corrected chi connectivity index (χ3v) is 2.90. The van der Waals surface area contributed by atoms with Crippen LogP contribution in [-0.2, 0) is 19.0 Å². The van der Waals surface area contributed by atoms with Crippen LogP contribution in [0.3, 0.4) is 0 Å². The molecule has 7 heteroatoms. The topological polar surface area (TPSA) is 73.9 Å². The molecule has 1 unspecified atom stereocenters. The molecule has 130 valence electrons. The Bertz CT molecular complexity index is 499. The Hall–Kier alpha value is -1.89. The fraction of sp³-hybridized carbons (Fsp3) is 0.562. The minimum Gasteiger partial charge on any atom is -0.487 e. The number of alkyl carbamates (subject to hydrolysis) is 1. The molecule has 0 heterocycles. The highest BCUT2D eigenvalue weighted by molar-refractivity contribution is 7.78. The Labute approximate surface area is 143 Å². The number of carbonyl (C=O) groups excluding carboxylic acids is 2. The van der Waals surface area contributed by atoms with Crippen molar-refractivity contribution >= 4 is 29.8 Å². The number of amides is 1. The van der Waals surface area contributed by atoms with Crippen LogP contribution in [0.1, 0.15) is 35.0 Å². The van der Waals surface area contributed by atoms with Crippen molar-refractivity contribution in [1.29, 1.82) is 0 Å². The Morgan fingerprint density at radius 1 is 1.43 bits per heavy atom. The SMILES string of the molecule is CC(C)(C)OC(=O)NC(COC=S)C(=O)OCC1=CCCC=C1.[HH].